The Morgan fingerprint density at radius 1 is 1.47 bits per heavy atom. The molecule has 1 aromatic rings. The summed E-state index contributed by atoms with van der Waals surface area (Å²) in [5.74, 6) is -0.838. The predicted molar refractivity (Wildman–Crippen MR) is 67.0 cm³/mol. The van der Waals surface area contributed by atoms with Crippen molar-refractivity contribution in [3.05, 3.63) is 23.1 Å². The average Bonchev–Trinajstić information content (AvgIpc) is 3.00. The molecule has 5 nitrogen and oxygen atoms in total. The third-order valence-electron chi connectivity index (χ3n) is 4.37. The molecule has 0 unspecified atom stereocenters. The summed E-state index contributed by atoms with van der Waals surface area (Å²) in [5, 5.41) is 9.63. The van der Waals surface area contributed by atoms with Crippen molar-refractivity contribution in [2.24, 2.45) is 11.3 Å². The van der Waals surface area contributed by atoms with E-state index in [0.29, 0.717) is 13.0 Å². The number of carbonyl (C=O) groups is 2. The molecule has 3 rings (SSSR count). The molecule has 0 bridgehead atoms. The van der Waals surface area contributed by atoms with E-state index in [9.17, 15) is 14.7 Å². The number of hydrogen-bond donors (Lipinski definition) is 1. The fourth-order valence-corrected chi connectivity index (χ4v) is 3.52. The maximum Gasteiger partial charge on any atom is 0.311 e. The largest absolute Gasteiger partial charge is 0.481 e. The molecular weight excluding hydrogens is 270 g/mol. The van der Waals surface area contributed by atoms with E-state index < -0.39 is 11.4 Å². The van der Waals surface area contributed by atoms with Gasteiger partial charge in [0, 0.05) is 13.1 Å². The van der Waals surface area contributed by atoms with Gasteiger partial charge in [-0.15, -0.1) is 0 Å². The second-order valence-corrected chi connectivity index (χ2v) is 5.71. The van der Waals surface area contributed by atoms with Crippen molar-refractivity contribution in [2.75, 3.05) is 13.1 Å². The van der Waals surface area contributed by atoms with Crippen LogP contribution in [-0.2, 0) is 4.79 Å². The van der Waals surface area contributed by atoms with Crippen LogP contribution in [0.4, 0.5) is 0 Å². The Labute approximate surface area is 115 Å². The lowest BCUT2D eigenvalue weighted by Crippen LogP contribution is -2.37. The highest BCUT2D eigenvalue weighted by Gasteiger charge is 2.56. The van der Waals surface area contributed by atoms with Gasteiger partial charge in [-0.2, -0.15) is 0 Å². The van der Waals surface area contributed by atoms with E-state index in [1.165, 1.54) is 12.1 Å². The SMILES string of the molecule is O=C(c1ccc(Cl)o1)N1C[C@@H]2CCC[C@@]2(C(=O)O)C1. The van der Waals surface area contributed by atoms with Gasteiger partial charge in [0.1, 0.15) is 0 Å². The molecule has 1 amide bonds. The summed E-state index contributed by atoms with van der Waals surface area (Å²) in [7, 11) is 0. The van der Waals surface area contributed by atoms with Crippen LogP contribution in [0.15, 0.2) is 16.5 Å². The molecule has 0 aromatic carbocycles. The molecular formula is C13H14ClNO4. The van der Waals surface area contributed by atoms with Crippen LogP contribution in [-0.4, -0.2) is 35.0 Å². The van der Waals surface area contributed by atoms with Crippen molar-refractivity contribution in [1.82, 2.24) is 4.90 Å². The van der Waals surface area contributed by atoms with Crippen molar-refractivity contribution in [3.8, 4) is 0 Å². The number of furan rings is 1. The van der Waals surface area contributed by atoms with Crippen molar-refractivity contribution < 1.29 is 19.1 Å². The summed E-state index contributed by atoms with van der Waals surface area (Å²) in [5.41, 5.74) is -0.758. The van der Waals surface area contributed by atoms with Crippen molar-refractivity contribution in [3.63, 3.8) is 0 Å². The van der Waals surface area contributed by atoms with Gasteiger partial charge in [-0.3, -0.25) is 9.59 Å². The number of carbonyl (C=O) groups excluding carboxylic acids is 1. The first-order chi connectivity index (χ1) is 9.03. The van der Waals surface area contributed by atoms with Gasteiger partial charge in [0.15, 0.2) is 11.0 Å². The Hall–Kier alpha value is -1.49. The molecule has 0 spiro atoms. The number of fused-ring (bicyclic) bond motifs is 1. The van der Waals surface area contributed by atoms with E-state index in [1.54, 1.807) is 4.90 Å². The second-order valence-electron chi connectivity index (χ2n) is 5.34. The van der Waals surface area contributed by atoms with Crippen molar-refractivity contribution >= 4 is 23.5 Å². The van der Waals surface area contributed by atoms with Gasteiger partial charge in [-0.25, -0.2) is 0 Å². The topological polar surface area (TPSA) is 70.8 Å². The van der Waals surface area contributed by atoms with E-state index in [0.717, 1.165) is 12.8 Å². The molecule has 1 N–H and O–H groups in total. The summed E-state index contributed by atoms with van der Waals surface area (Å²) < 4.78 is 5.10. The van der Waals surface area contributed by atoms with Gasteiger partial charge in [0.25, 0.3) is 5.91 Å². The zero-order valence-corrected chi connectivity index (χ0v) is 11.0. The quantitative estimate of drug-likeness (QED) is 0.904. The Bertz CT molecular complexity index is 541. The molecule has 1 aliphatic heterocycles. The van der Waals surface area contributed by atoms with E-state index in [-0.39, 0.29) is 29.3 Å². The molecule has 2 fully saturated rings. The van der Waals surface area contributed by atoms with Crippen LogP contribution in [0.5, 0.6) is 0 Å². The Morgan fingerprint density at radius 2 is 2.26 bits per heavy atom. The number of amides is 1. The standard InChI is InChI=1S/C13H14ClNO4/c14-10-4-3-9(19-10)11(16)15-6-8-2-1-5-13(8,7-15)12(17)18/h3-4,8H,1-2,5-7H2,(H,17,18)/t8-,13+/m0/s1. The third kappa shape index (κ3) is 1.84. The van der Waals surface area contributed by atoms with Crippen LogP contribution < -0.4 is 0 Å². The Morgan fingerprint density at radius 3 is 2.84 bits per heavy atom. The smallest absolute Gasteiger partial charge is 0.311 e. The molecule has 6 heteroatoms. The van der Waals surface area contributed by atoms with Crippen molar-refractivity contribution in [2.45, 2.75) is 19.3 Å². The number of aliphatic carboxylic acids is 1. The minimum Gasteiger partial charge on any atom is -0.481 e. The van der Waals surface area contributed by atoms with Gasteiger partial charge in [-0.1, -0.05) is 6.42 Å². The Balaban J connectivity index is 1.82. The minimum atomic E-state index is -0.789. The van der Waals surface area contributed by atoms with Crippen LogP contribution >= 0.6 is 11.6 Å². The summed E-state index contributed by atoms with van der Waals surface area (Å²) >= 11 is 5.65. The van der Waals surface area contributed by atoms with Gasteiger partial charge >= 0.3 is 5.97 Å². The van der Waals surface area contributed by atoms with Crippen LogP contribution in [0.25, 0.3) is 0 Å². The lowest BCUT2D eigenvalue weighted by atomic mass is 9.81. The van der Waals surface area contributed by atoms with Gasteiger partial charge < -0.3 is 14.4 Å². The fourth-order valence-electron chi connectivity index (χ4n) is 3.38. The second kappa shape index (κ2) is 4.27. The third-order valence-corrected chi connectivity index (χ3v) is 4.57. The first-order valence-corrected chi connectivity index (χ1v) is 6.69. The molecule has 2 heterocycles. The van der Waals surface area contributed by atoms with Crippen molar-refractivity contribution in [1.29, 1.82) is 0 Å². The maximum atomic E-state index is 12.2. The van der Waals surface area contributed by atoms with E-state index in [2.05, 4.69) is 0 Å². The normalized spacial score (nSPS) is 29.5. The van der Waals surface area contributed by atoms with Gasteiger partial charge in [0.05, 0.1) is 5.41 Å². The highest BCUT2D eigenvalue weighted by Crippen LogP contribution is 2.49. The van der Waals surface area contributed by atoms with Crippen LogP contribution in [0.2, 0.25) is 5.22 Å². The summed E-state index contributed by atoms with van der Waals surface area (Å²) in [6, 6.07) is 3.03. The molecule has 2 aliphatic rings. The maximum absolute atomic E-state index is 12.2. The monoisotopic (exact) mass is 283 g/mol. The number of halogens is 1. The molecule has 0 radical (unpaired) electrons. The lowest BCUT2D eigenvalue weighted by Gasteiger charge is -2.22. The highest BCUT2D eigenvalue weighted by atomic mass is 35.5. The van der Waals surface area contributed by atoms with E-state index >= 15 is 0 Å². The van der Waals surface area contributed by atoms with E-state index in [1.807, 2.05) is 0 Å². The van der Waals surface area contributed by atoms with Crippen LogP contribution in [0.1, 0.15) is 29.8 Å². The highest BCUT2D eigenvalue weighted by molar-refractivity contribution is 6.29. The number of rotatable bonds is 2. The van der Waals surface area contributed by atoms with E-state index in [4.69, 9.17) is 16.0 Å². The first kappa shape index (κ1) is 12.5. The minimum absolute atomic E-state index is 0.0550. The molecule has 1 saturated carbocycles. The number of nitrogens with zero attached hydrogens (tertiary/aromatic N) is 1. The van der Waals surface area contributed by atoms with Crippen LogP contribution in [0, 0.1) is 11.3 Å². The summed E-state index contributed by atoms with van der Waals surface area (Å²) in [6.07, 6.45) is 2.44. The van der Waals surface area contributed by atoms with Crippen LogP contribution in [0.3, 0.4) is 0 Å². The number of carboxylic acid groups (broad SMARTS) is 1. The zero-order valence-electron chi connectivity index (χ0n) is 10.3. The number of likely N-dealkylation sites (tertiary alicyclic amines) is 1. The molecule has 1 saturated heterocycles. The number of carboxylic acids is 1. The summed E-state index contributed by atoms with van der Waals surface area (Å²) in [4.78, 5) is 25.3. The molecule has 1 aliphatic carbocycles. The van der Waals surface area contributed by atoms with Gasteiger partial charge in [0.2, 0.25) is 0 Å². The van der Waals surface area contributed by atoms with Gasteiger partial charge in [-0.05, 0) is 42.5 Å². The molecule has 102 valence electrons. The number of hydrogen-bond acceptors (Lipinski definition) is 3. The molecule has 19 heavy (non-hydrogen) atoms. The molecule has 2 atom stereocenters. The molecule has 1 aromatic heterocycles. The Kier molecular flexibility index (Phi) is 2.82. The lowest BCUT2D eigenvalue weighted by molar-refractivity contribution is -0.149. The average molecular weight is 284 g/mol. The predicted octanol–water partition coefficient (Wildman–Crippen LogP) is 2.26. The zero-order chi connectivity index (χ0) is 13.6. The summed E-state index contributed by atoms with van der Waals surface area (Å²) in [6.45, 7) is 0.758. The first-order valence-electron chi connectivity index (χ1n) is 6.31. The fraction of sp³-hybridized carbons (Fsp3) is 0.538.